The second-order valence-electron chi connectivity index (χ2n) is 7.80. The summed E-state index contributed by atoms with van der Waals surface area (Å²) in [6, 6.07) is 16.2. The Bertz CT molecular complexity index is 1550. The first-order chi connectivity index (χ1) is 17.7. The van der Waals surface area contributed by atoms with Crippen LogP contribution < -0.4 is 21.6 Å². The average Bonchev–Trinajstić information content (AvgIpc) is 2.87. The van der Waals surface area contributed by atoms with Gasteiger partial charge in [0.05, 0.1) is 4.47 Å². The van der Waals surface area contributed by atoms with Crippen molar-refractivity contribution in [3.8, 4) is 0 Å². The molecular weight excluding hydrogens is 613 g/mol. The van der Waals surface area contributed by atoms with Crippen LogP contribution in [0.15, 0.2) is 84.9 Å². The van der Waals surface area contributed by atoms with Crippen molar-refractivity contribution in [1.82, 2.24) is 10.6 Å². The number of carbonyl (C=O) groups is 3. The van der Waals surface area contributed by atoms with E-state index in [0.29, 0.717) is 32.3 Å². The maximum atomic E-state index is 13.0. The zero-order valence-electron chi connectivity index (χ0n) is 18.9. The fraction of sp³-hybridized carbons (Fsp3) is 0.0769. The maximum Gasteiger partial charge on any atom is 0.349 e. The molecule has 0 aliphatic rings. The molecule has 4 aromatic rings. The van der Waals surface area contributed by atoms with Crippen molar-refractivity contribution in [1.29, 1.82) is 0 Å². The molecule has 0 fully saturated rings. The topological polar surface area (TPSA) is 118 Å². The number of hydrogen-bond acceptors (Lipinski definition) is 5. The van der Waals surface area contributed by atoms with Gasteiger partial charge >= 0.3 is 5.63 Å². The first-order valence-corrected chi connectivity index (χ1v) is 12.5. The van der Waals surface area contributed by atoms with Gasteiger partial charge in [0.2, 0.25) is 0 Å². The van der Waals surface area contributed by atoms with E-state index in [-0.39, 0.29) is 24.6 Å². The van der Waals surface area contributed by atoms with Crippen LogP contribution in [0, 0.1) is 5.82 Å². The van der Waals surface area contributed by atoms with Gasteiger partial charge in [-0.3, -0.25) is 14.4 Å². The fourth-order valence-electron chi connectivity index (χ4n) is 3.37. The van der Waals surface area contributed by atoms with E-state index < -0.39 is 23.3 Å². The van der Waals surface area contributed by atoms with E-state index in [9.17, 15) is 23.6 Å². The summed E-state index contributed by atoms with van der Waals surface area (Å²) in [5.74, 6) is -1.85. The first-order valence-electron chi connectivity index (χ1n) is 10.9. The molecule has 0 atom stereocenters. The van der Waals surface area contributed by atoms with Crippen LogP contribution in [0.25, 0.3) is 11.0 Å². The summed E-state index contributed by atoms with van der Waals surface area (Å²) in [7, 11) is 0. The molecule has 0 aliphatic heterocycles. The molecular formula is C26H18Br2FN3O5. The minimum Gasteiger partial charge on any atom is -0.421 e. The van der Waals surface area contributed by atoms with E-state index in [1.807, 2.05) is 0 Å². The molecule has 1 heterocycles. The lowest BCUT2D eigenvalue weighted by atomic mass is 10.1. The first kappa shape index (κ1) is 26.2. The van der Waals surface area contributed by atoms with E-state index >= 15 is 0 Å². The number of halogens is 3. The van der Waals surface area contributed by atoms with E-state index in [2.05, 4.69) is 47.8 Å². The van der Waals surface area contributed by atoms with Crippen LogP contribution >= 0.6 is 31.9 Å². The van der Waals surface area contributed by atoms with Crippen LogP contribution in [0.3, 0.4) is 0 Å². The summed E-state index contributed by atoms with van der Waals surface area (Å²) in [6.07, 6.45) is 0. The van der Waals surface area contributed by atoms with Crippen molar-refractivity contribution in [2.24, 2.45) is 0 Å². The minimum absolute atomic E-state index is 0.0794. The predicted octanol–water partition coefficient (Wildman–Crippen LogP) is 4.87. The van der Waals surface area contributed by atoms with Gasteiger partial charge in [0.25, 0.3) is 17.7 Å². The molecule has 37 heavy (non-hydrogen) atoms. The Labute approximate surface area is 226 Å². The van der Waals surface area contributed by atoms with E-state index in [1.165, 1.54) is 42.5 Å². The quantitative estimate of drug-likeness (QED) is 0.199. The number of fused-ring (bicyclic) bond motifs is 1. The Morgan fingerprint density at radius 3 is 2.05 bits per heavy atom. The molecule has 3 aromatic carbocycles. The number of benzene rings is 3. The monoisotopic (exact) mass is 629 g/mol. The van der Waals surface area contributed by atoms with Crippen molar-refractivity contribution < 1.29 is 23.2 Å². The number of hydrogen-bond donors (Lipinski definition) is 3. The minimum atomic E-state index is -0.774. The van der Waals surface area contributed by atoms with Crippen molar-refractivity contribution >= 4 is 66.2 Å². The van der Waals surface area contributed by atoms with Gasteiger partial charge in [0, 0.05) is 39.8 Å². The molecule has 0 bridgehead atoms. The van der Waals surface area contributed by atoms with Gasteiger partial charge in [-0.15, -0.1) is 0 Å². The Kier molecular flexibility index (Phi) is 8.14. The molecule has 0 saturated carbocycles. The highest BCUT2D eigenvalue weighted by Crippen LogP contribution is 2.28. The molecule has 4 rings (SSSR count). The average molecular weight is 631 g/mol. The molecule has 3 amide bonds. The van der Waals surface area contributed by atoms with Crippen LogP contribution in [0.2, 0.25) is 0 Å². The third-order valence-electron chi connectivity index (χ3n) is 5.20. The van der Waals surface area contributed by atoms with Gasteiger partial charge in [0.1, 0.15) is 11.4 Å². The lowest BCUT2D eigenvalue weighted by Crippen LogP contribution is -2.36. The highest BCUT2D eigenvalue weighted by Gasteiger charge is 2.15. The smallest absolute Gasteiger partial charge is 0.349 e. The number of anilines is 1. The van der Waals surface area contributed by atoms with Crippen LogP contribution in [0.4, 0.5) is 10.1 Å². The van der Waals surface area contributed by atoms with E-state index in [0.717, 1.165) is 4.47 Å². The summed E-state index contributed by atoms with van der Waals surface area (Å²) >= 11 is 6.67. The Balaban J connectivity index is 1.28. The Morgan fingerprint density at radius 1 is 0.784 bits per heavy atom. The summed E-state index contributed by atoms with van der Waals surface area (Å²) in [6.45, 7) is 0.194. The zero-order valence-corrected chi connectivity index (χ0v) is 22.1. The third-order valence-corrected chi connectivity index (χ3v) is 6.25. The molecule has 8 nitrogen and oxygen atoms in total. The van der Waals surface area contributed by atoms with Gasteiger partial charge in [0.15, 0.2) is 5.58 Å². The SMILES string of the molecule is O=C(NCCNC(=O)c1cc2cc(Br)cc(Br)c2oc1=O)c1ccc(NC(=O)c2ccc(F)cc2)cc1. The van der Waals surface area contributed by atoms with Gasteiger partial charge in [-0.25, -0.2) is 9.18 Å². The number of rotatable bonds is 7. The van der Waals surface area contributed by atoms with Gasteiger partial charge in [-0.05, 0) is 82.7 Å². The lowest BCUT2D eigenvalue weighted by molar-refractivity contribution is 0.0925. The standard InChI is InChI=1S/C26H18Br2FN3O5/c27-17-11-16-12-20(26(36)37-22(16)21(28)13-17)25(35)31-10-9-30-23(33)14-3-7-19(8-4-14)32-24(34)15-1-5-18(29)6-2-15/h1-8,11-13H,9-10H2,(H,30,33)(H,31,35)(H,32,34). The number of carbonyl (C=O) groups excluding carboxylic acids is 3. The van der Waals surface area contributed by atoms with E-state index in [1.54, 1.807) is 24.3 Å². The second-order valence-corrected chi connectivity index (χ2v) is 9.57. The third kappa shape index (κ3) is 6.49. The fourth-order valence-corrected chi connectivity index (χ4v) is 4.71. The van der Waals surface area contributed by atoms with Crippen molar-refractivity contribution in [3.05, 3.63) is 109 Å². The molecule has 1 aromatic heterocycles. The highest BCUT2D eigenvalue weighted by atomic mass is 79.9. The molecule has 0 aliphatic carbocycles. The van der Waals surface area contributed by atoms with Gasteiger partial charge < -0.3 is 20.4 Å². The van der Waals surface area contributed by atoms with Crippen LogP contribution in [0.1, 0.15) is 31.1 Å². The summed E-state index contributed by atoms with van der Waals surface area (Å²) in [4.78, 5) is 49.3. The molecule has 3 N–H and O–H groups in total. The lowest BCUT2D eigenvalue weighted by Gasteiger charge is -2.09. The van der Waals surface area contributed by atoms with Gasteiger partial charge in [-0.1, -0.05) is 15.9 Å². The summed E-state index contributed by atoms with van der Waals surface area (Å²) < 4.78 is 19.6. The largest absolute Gasteiger partial charge is 0.421 e. The second kappa shape index (κ2) is 11.5. The number of amides is 3. The van der Waals surface area contributed by atoms with Crippen molar-refractivity contribution in [2.45, 2.75) is 0 Å². The molecule has 188 valence electrons. The Hall–Kier alpha value is -3.83. The molecule has 0 radical (unpaired) electrons. The van der Waals surface area contributed by atoms with Crippen LogP contribution in [-0.4, -0.2) is 30.8 Å². The normalized spacial score (nSPS) is 10.7. The molecule has 0 unspecified atom stereocenters. The van der Waals surface area contributed by atoms with Crippen LogP contribution in [-0.2, 0) is 0 Å². The zero-order chi connectivity index (χ0) is 26.5. The van der Waals surface area contributed by atoms with Gasteiger partial charge in [-0.2, -0.15) is 0 Å². The molecule has 0 spiro atoms. The van der Waals surface area contributed by atoms with Crippen molar-refractivity contribution in [2.75, 3.05) is 18.4 Å². The van der Waals surface area contributed by atoms with Crippen LogP contribution in [0.5, 0.6) is 0 Å². The van der Waals surface area contributed by atoms with Crippen molar-refractivity contribution in [3.63, 3.8) is 0 Å². The summed E-state index contributed by atoms with van der Waals surface area (Å²) in [5.41, 5.74) is 0.514. The summed E-state index contributed by atoms with van der Waals surface area (Å²) in [5, 5.41) is 8.48. The predicted molar refractivity (Wildman–Crippen MR) is 143 cm³/mol. The molecule has 11 heteroatoms. The number of nitrogens with one attached hydrogen (secondary N) is 3. The Morgan fingerprint density at radius 2 is 1.38 bits per heavy atom. The molecule has 0 saturated heterocycles. The van der Waals surface area contributed by atoms with E-state index in [4.69, 9.17) is 4.42 Å². The maximum absolute atomic E-state index is 13.0. The highest BCUT2D eigenvalue weighted by molar-refractivity contribution is 9.11.